The first-order chi connectivity index (χ1) is 18.2. The van der Waals surface area contributed by atoms with Crippen LogP contribution in [-0.2, 0) is 9.47 Å². The Bertz CT molecular complexity index is 1170. The Kier molecular flexibility index (Phi) is 7.38. The van der Waals surface area contributed by atoms with Crippen LogP contribution >= 0.6 is 0 Å². The minimum Gasteiger partial charge on any atom is -0.475 e. The summed E-state index contributed by atoms with van der Waals surface area (Å²) >= 11 is 0. The fourth-order valence-electron chi connectivity index (χ4n) is 5.21. The van der Waals surface area contributed by atoms with Gasteiger partial charge in [-0.25, -0.2) is 4.79 Å². The van der Waals surface area contributed by atoms with Crippen LogP contribution in [0, 0.1) is 12.8 Å². The maximum atomic E-state index is 13.3. The first kappa shape index (κ1) is 26.5. The number of alkyl halides is 3. The molecule has 3 saturated heterocycles. The van der Waals surface area contributed by atoms with Crippen molar-refractivity contribution < 1.29 is 37.3 Å². The van der Waals surface area contributed by atoms with E-state index >= 15 is 0 Å². The molecule has 2 amide bonds. The molecule has 2 unspecified atom stereocenters. The number of aromatic nitrogens is 1. The number of likely N-dealkylation sites (tertiary alicyclic amines) is 1. The number of halogens is 3. The molecule has 9 nitrogen and oxygen atoms in total. The fraction of sp³-hybridized carbons (Fsp3) is 0.538. The zero-order chi connectivity index (χ0) is 26.9. The van der Waals surface area contributed by atoms with Gasteiger partial charge in [0.1, 0.15) is 23.9 Å². The summed E-state index contributed by atoms with van der Waals surface area (Å²) in [4.78, 5) is 21.0. The Morgan fingerprint density at radius 1 is 1.24 bits per heavy atom. The molecule has 1 aromatic carbocycles. The van der Waals surface area contributed by atoms with Crippen LogP contribution < -0.4 is 15.0 Å². The third kappa shape index (κ3) is 5.38. The molecular formula is C26H31F3N4O5. The van der Waals surface area contributed by atoms with Crippen molar-refractivity contribution in [1.29, 1.82) is 0 Å². The van der Waals surface area contributed by atoms with Crippen LogP contribution in [0.5, 0.6) is 5.88 Å². The second kappa shape index (κ2) is 10.6. The van der Waals surface area contributed by atoms with E-state index in [0.717, 1.165) is 22.5 Å². The van der Waals surface area contributed by atoms with Crippen LogP contribution in [0.25, 0.3) is 11.1 Å². The van der Waals surface area contributed by atoms with Gasteiger partial charge in [-0.05, 0) is 48.2 Å². The molecule has 5 rings (SSSR count). The molecule has 1 spiro atoms. The van der Waals surface area contributed by atoms with E-state index in [1.54, 1.807) is 12.1 Å². The molecular weight excluding hydrogens is 505 g/mol. The molecule has 206 valence electrons. The van der Waals surface area contributed by atoms with E-state index < -0.39 is 23.7 Å². The van der Waals surface area contributed by atoms with Gasteiger partial charge in [-0.15, -0.1) is 0 Å². The molecule has 2 N–H and O–H groups in total. The van der Waals surface area contributed by atoms with Crippen LogP contribution in [-0.4, -0.2) is 92.0 Å². The highest BCUT2D eigenvalue weighted by molar-refractivity contribution is 5.91. The number of pyridine rings is 1. The number of rotatable bonds is 6. The third-order valence-corrected chi connectivity index (χ3v) is 7.38. The SMILES string of the molecule is Cc1ccc(NC(=O)N2CCC3(C2)OCC3C(F)(F)F)cc1-c1cc(OCCO)nc(N2CCOCC2)c1. The number of nitrogens with one attached hydrogen (secondary N) is 1. The molecule has 2 aromatic rings. The molecule has 3 fully saturated rings. The summed E-state index contributed by atoms with van der Waals surface area (Å²) in [6, 6.07) is 8.71. The number of aliphatic hydroxyl groups excluding tert-OH is 1. The Hall–Kier alpha value is -3.09. The molecule has 1 aromatic heterocycles. The van der Waals surface area contributed by atoms with Crippen LogP contribution in [0.2, 0.25) is 0 Å². The molecule has 0 saturated carbocycles. The number of aryl methyl sites for hydroxylation is 1. The minimum atomic E-state index is -4.35. The predicted molar refractivity (Wildman–Crippen MR) is 133 cm³/mol. The van der Waals surface area contributed by atoms with Crippen molar-refractivity contribution in [3.8, 4) is 17.0 Å². The van der Waals surface area contributed by atoms with E-state index in [1.807, 2.05) is 25.1 Å². The smallest absolute Gasteiger partial charge is 0.396 e. The van der Waals surface area contributed by atoms with E-state index in [0.29, 0.717) is 37.9 Å². The fourth-order valence-corrected chi connectivity index (χ4v) is 5.21. The average molecular weight is 537 g/mol. The highest BCUT2D eigenvalue weighted by atomic mass is 19.4. The number of amides is 2. The lowest BCUT2D eigenvalue weighted by atomic mass is 9.81. The van der Waals surface area contributed by atoms with Gasteiger partial charge in [-0.2, -0.15) is 18.2 Å². The highest BCUT2D eigenvalue weighted by Crippen LogP contribution is 2.49. The van der Waals surface area contributed by atoms with E-state index in [-0.39, 0.29) is 39.3 Å². The highest BCUT2D eigenvalue weighted by Gasteiger charge is 2.63. The van der Waals surface area contributed by atoms with E-state index in [2.05, 4.69) is 15.2 Å². The summed E-state index contributed by atoms with van der Waals surface area (Å²) in [5.74, 6) is -0.461. The van der Waals surface area contributed by atoms with Gasteiger partial charge < -0.3 is 34.4 Å². The lowest BCUT2D eigenvalue weighted by molar-refractivity contribution is -0.312. The number of ether oxygens (including phenoxy) is 3. The lowest BCUT2D eigenvalue weighted by Gasteiger charge is -2.47. The monoisotopic (exact) mass is 536 g/mol. The molecule has 38 heavy (non-hydrogen) atoms. The summed E-state index contributed by atoms with van der Waals surface area (Å²) in [6.07, 6.45) is -4.19. The van der Waals surface area contributed by atoms with Gasteiger partial charge >= 0.3 is 12.2 Å². The zero-order valence-corrected chi connectivity index (χ0v) is 21.1. The van der Waals surface area contributed by atoms with Gasteiger partial charge in [0, 0.05) is 31.4 Å². The molecule has 3 aliphatic heterocycles. The maximum absolute atomic E-state index is 13.3. The first-order valence-corrected chi connectivity index (χ1v) is 12.6. The first-order valence-electron chi connectivity index (χ1n) is 12.6. The van der Waals surface area contributed by atoms with Crippen LogP contribution in [0.1, 0.15) is 12.0 Å². The number of hydrogen-bond acceptors (Lipinski definition) is 7. The minimum absolute atomic E-state index is 0.0967. The molecule has 4 heterocycles. The van der Waals surface area contributed by atoms with Crippen molar-refractivity contribution in [1.82, 2.24) is 9.88 Å². The average Bonchev–Trinajstić information content (AvgIpc) is 3.35. The number of benzene rings is 1. The van der Waals surface area contributed by atoms with Crippen molar-refractivity contribution >= 4 is 17.5 Å². The van der Waals surface area contributed by atoms with Gasteiger partial charge in [0.25, 0.3) is 0 Å². The number of aliphatic hydroxyl groups is 1. The predicted octanol–water partition coefficient (Wildman–Crippen LogP) is 3.45. The number of anilines is 2. The molecule has 0 bridgehead atoms. The number of hydrogen-bond donors (Lipinski definition) is 2. The summed E-state index contributed by atoms with van der Waals surface area (Å²) in [5.41, 5.74) is 1.78. The Morgan fingerprint density at radius 2 is 2.03 bits per heavy atom. The van der Waals surface area contributed by atoms with Gasteiger partial charge in [-0.3, -0.25) is 0 Å². The molecule has 0 radical (unpaired) electrons. The standard InChI is InChI=1S/C26H31F3N4O5/c1-17-2-3-19(30-24(35)33-5-4-25(16-33)21(15-38-25)26(27,28)29)14-20(17)18-12-22(32-6-9-36-10-7-32)31-23(13-18)37-11-8-34/h2-3,12-14,21,34H,4-11,15-16H2,1H3,(H,30,35). The van der Waals surface area contributed by atoms with Crippen molar-refractivity contribution in [2.75, 3.05) is 69.4 Å². The van der Waals surface area contributed by atoms with Gasteiger partial charge in [0.15, 0.2) is 0 Å². The number of nitrogens with zero attached hydrogens (tertiary/aromatic N) is 3. The maximum Gasteiger partial charge on any atom is 0.396 e. The number of urea groups is 1. The van der Waals surface area contributed by atoms with E-state index in [4.69, 9.17) is 14.2 Å². The van der Waals surface area contributed by atoms with E-state index in [9.17, 15) is 23.1 Å². The zero-order valence-electron chi connectivity index (χ0n) is 21.1. The van der Waals surface area contributed by atoms with Gasteiger partial charge in [0.05, 0.1) is 33.0 Å². The Labute approximate surface area is 218 Å². The van der Waals surface area contributed by atoms with E-state index in [1.165, 1.54) is 4.90 Å². The summed E-state index contributed by atoms with van der Waals surface area (Å²) in [5, 5.41) is 12.0. The van der Waals surface area contributed by atoms with Gasteiger partial charge in [0.2, 0.25) is 5.88 Å². The number of carbonyl (C=O) groups excluding carboxylic acids is 1. The topological polar surface area (TPSA) is 96.4 Å². The van der Waals surface area contributed by atoms with Crippen LogP contribution in [0.3, 0.4) is 0 Å². The third-order valence-electron chi connectivity index (χ3n) is 7.38. The quantitative estimate of drug-likeness (QED) is 0.584. The van der Waals surface area contributed by atoms with Crippen molar-refractivity contribution in [3.63, 3.8) is 0 Å². The molecule has 0 aliphatic carbocycles. The Morgan fingerprint density at radius 3 is 2.71 bits per heavy atom. The van der Waals surface area contributed by atoms with Crippen LogP contribution in [0.15, 0.2) is 30.3 Å². The Balaban J connectivity index is 1.35. The molecule has 3 aliphatic rings. The second-order valence-electron chi connectivity index (χ2n) is 9.83. The van der Waals surface area contributed by atoms with Gasteiger partial charge in [-0.1, -0.05) is 6.07 Å². The number of morpholine rings is 1. The van der Waals surface area contributed by atoms with Crippen molar-refractivity contribution in [2.45, 2.75) is 25.1 Å². The molecule has 12 heteroatoms. The van der Waals surface area contributed by atoms with Crippen LogP contribution in [0.4, 0.5) is 29.5 Å². The second-order valence-corrected chi connectivity index (χ2v) is 9.83. The molecule has 2 atom stereocenters. The summed E-state index contributed by atoms with van der Waals surface area (Å²) in [7, 11) is 0. The lowest BCUT2D eigenvalue weighted by Crippen LogP contribution is -2.61. The van der Waals surface area contributed by atoms with Crippen molar-refractivity contribution in [2.24, 2.45) is 5.92 Å². The number of carbonyl (C=O) groups is 1. The summed E-state index contributed by atoms with van der Waals surface area (Å²) < 4.78 is 56.4. The largest absolute Gasteiger partial charge is 0.475 e. The van der Waals surface area contributed by atoms with Crippen molar-refractivity contribution in [3.05, 3.63) is 35.9 Å². The normalized spacial score (nSPS) is 23.4. The summed E-state index contributed by atoms with van der Waals surface area (Å²) in [6.45, 7) is 4.18.